The summed E-state index contributed by atoms with van der Waals surface area (Å²) in [5.74, 6) is 0.385. The lowest BCUT2D eigenvalue weighted by Gasteiger charge is -2.16. The first-order chi connectivity index (χ1) is 8.41. The average molecular weight is 269 g/mol. The standard InChI is InChI=1S/C13H19NO3S/c1-10(2)11-3-5-13(6-4-11)18(16,17)14-8-7-12(15)9-14/h3-6,10,12,15H,7-9H2,1-2H3/t12-/m0/s1. The molecule has 0 radical (unpaired) electrons. The molecule has 1 aromatic rings. The van der Waals surface area contributed by atoms with Crippen LogP contribution in [0.2, 0.25) is 0 Å². The minimum absolute atomic E-state index is 0.203. The molecule has 2 rings (SSSR count). The Balaban J connectivity index is 2.25. The van der Waals surface area contributed by atoms with Crippen LogP contribution in [0.25, 0.3) is 0 Å². The quantitative estimate of drug-likeness (QED) is 0.906. The second-order valence-electron chi connectivity index (χ2n) is 5.03. The first kappa shape index (κ1) is 13.5. The van der Waals surface area contributed by atoms with Crippen LogP contribution in [0.3, 0.4) is 0 Å². The van der Waals surface area contributed by atoms with Crippen molar-refractivity contribution >= 4 is 10.0 Å². The summed E-state index contributed by atoms with van der Waals surface area (Å²) >= 11 is 0. The fourth-order valence-electron chi connectivity index (χ4n) is 2.10. The number of β-amino-alcohol motifs (C(OH)–C–C–N with tert-alkyl or cyclic N) is 1. The van der Waals surface area contributed by atoms with Gasteiger partial charge in [0.1, 0.15) is 0 Å². The first-order valence-electron chi connectivity index (χ1n) is 6.19. The molecule has 1 aliphatic heterocycles. The van der Waals surface area contributed by atoms with Gasteiger partial charge in [0.05, 0.1) is 11.0 Å². The summed E-state index contributed by atoms with van der Waals surface area (Å²) in [6.45, 7) is 4.74. The van der Waals surface area contributed by atoms with Crippen molar-refractivity contribution in [2.45, 2.75) is 37.2 Å². The molecule has 0 saturated carbocycles. The summed E-state index contributed by atoms with van der Waals surface area (Å²) in [5, 5.41) is 9.42. The van der Waals surface area contributed by atoms with Crippen LogP contribution in [0.5, 0.6) is 0 Å². The molecular weight excluding hydrogens is 250 g/mol. The fraction of sp³-hybridized carbons (Fsp3) is 0.538. The van der Waals surface area contributed by atoms with Gasteiger partial charge in [-0.05, 0) is 30.0 Å². The van der Waals surface area contributed by atoms with Crippen molar-refractivity contribution in [1.29, 1.82) is 0 Å². The van der Waals surface area contributed by atoms with E-state index < -0.39 is 16.1 Å². The predicted octanol–water partition coefficient (Wildman–Crippen LogP) is 1.57. The Bertz CT molecular complexity index is 508. The zero-order valence-corrected chi connectivity index (χ0v) is 11.5. The van der Waals surface area contributed by atoms with Gasteiger partial charge < -0.3 is 5.11 Å². The van der Waals surface area contributed by atoms with E-state index in [1.807, 2.05) is 12.1 Å². The van der Waals surface area contributed by atoms with Crippen LogP contribution in [0.15, 0.2) is 29.2 Å². The minimum Gasteiger partial charge on any atom is -0.392 e. The van der Waals surface area contributed by atoms with E-state index in [0.29, 0.717) is 23.8 Å². The first-order valence-corrected chi connectivity index (χ1v) is 7.63. The van der Waals surface area contributed by atoms with E-state index in [0.717, 1.165) is 5.56 Å². The summed E-state index contributed by atoms with van der Waals surface area (Å²) in [6, 6.07) is 7.00. The van der Waals surface area contributed by atoms with Crippen LogP contribution in [-0.2, 0) is 10.0 Å². The van der Waals surface area contributed by atoms with E-state index in [9.17, 15) is 13.5 Å². The van der Waals surface area contributed by atoms with Crippen molar-refractivity contribution in [2.24, 2.45) is 0 Å². The van der Waals surface area contributed by atoms with Crippen molar-refractivity contribution in [3.8, 4) is 0 Å². The van der Waals surface area contributed by atoms with Gasteiger partial charge in [-0.2, -0.15) is 4.31 Å². The molecule has 5 heteroatoms. The number of nitrogens with zero attached hydrogens (tertiary/aromatic N) is 1. The van der Waals surface area contributed by atoms with E-state index >= 15 is 0 Å². The largest absolute Gasteiger partial charge is 0.392 e. The Morgan fingerprint density at radius 2 is 1.89 bits per heavy atom. The van der Waals surface area contributed by atoms with Gasteiger partial charge in [-0.3, -0.25) is 0 Å². The van der Waals surface area contributed by atoms with Crippen molar-refractivity contribution in [3.63, 3.8) is 0 Å². The smallest absolute Gasteiger partial charge is 0.243 e. The molecule has 0 spiro atoms. The number of sulfonamides is 1. The molecule has 0 amide bonds. The predicted molar refractivity (Wildman–Crippen MR) is 69.9 cm³/mol. The molecule has 0 unspecified atom stereocenters. The lowest BCUT2D eigenvalue weighted by atomic mass is 10.0. The second kappa shape index (κ2) is 4.99. The van der Waals surface area contributed by atoms with E-state index in [4.69, 9.17) is 0 Å². The maximum absolute atomic E-state index is 12.3. The molecule has 0 aliphatic carbocycles. The minimum atomic E-state index is -3.44. The molecule has 1 aliphatic rings. The Hall–Kier alpha value is -0.910. The Morgan fingerprint density at radius 3 is 2.33 bits per heavy atom. The molecule has 18 heavy (non-hydrogen) atoms. The Morgan fingerprint density at radius 1 is 1.28 bits per heavy atom. The van der Waals surface area contributed by atoms with Gasteiger partial charge in [0, 0.05) is 13.1 Å². The van der Waals surface area contributed by atoms with Gasteiger partial charge in [-0.15, -0.1) is 0 Å². The maximum atomic E-state index is 12.3. The molecule has 0 aromatic heterocycles. The molecule has 1 heterocycles. The summed E-state index contributed by atoms with van der Waals surface area (Å²) in [7, 11) is -3.44. The van der Waals surface area contributed by atoms with Crippen LogP contribution in [0.1, 0.15) is 31.7 Å². The number of aliphatic hydroxyl groups is 1. The SMILES string of the molecule is CC(C)c1ccc(S(=O)(=O)N2CC[C@H](O)C2)cc1. The third kappa shape index (κ3) is 2.58. The van der Waals surface area contributed by atoms with Gasteiger partial charge in [-0.1, -0.05) is 26.0 Å². The highest BCUT2D eigenvalue weighted by Crippen LogP contribution is 2.23. The maximum Gasteiger partial charge on any atom is 0.243 e. The Labute approximate surface area is 108 Å². The summed E-state index contributed by atoms with van der Waals surface area (Å²) < 4.78 is 25.9. The van der Waals surface area contributed by atoms with Gasteiger partial charge in [0.25, 0.3) is 0 Å². The number of benzene rings is 1. The zero-order chi connectivity index (χ0) is 13.3. The van der Waals surface area contributed by atoms with E-state index in [-0.39, 0.29) is 6.54 Å². The van der Waals surface area contributed by atoms with E-state index in [1.54, 1.807) is 12.1 Å². The van der Waals surface area contributed by atoms with Crippen LogP contribution in [0.4, 0.5) is 0 Å². The average Bonchev–Trinajstić information content (AvgIpc) is 2.76. The van der Waals surface area contributed by atoms with E-state index in [1.165, 1.54) is 4.31 Å². The monoisotopic (exact) mass is 269 g/mol. The van der Waals surface area contributed by atoms with Crippen LogP contribution < -0.4 is 0 Å². The van der Waals surface area contributed by atoms with Crippen LogP contribution in [-0.4, -0.2) is 37.0 Å². The van der Waals surface area contributed by atoms with Crippen LogP contribution in [0, 0.1) is 0 Å². The van der Waals surface area contributed by atoms with Crippen LogP contribution >= 0.6 is 0 Å². The number of hydrogen-bond acceptors (Lipinski definition) is 3. The molecule has 4 nitrogen and oxygen atoms in total. The van der Waals surface area contributed by atoms with Gasteiger partial charge in [0.15, 0.2) is 0 Å². The highest BCUT2D eigenvalue weighted by Gasteiger charge is 2.31. The van der Waals surface area contributed by atoms with Crippen molar-refractivity contribution < 1.29 is 13.5 Å². The zero-order valence-electron chi connectivity index (χ0n) is 10.7. The Kier molecular flexibility index (Phi) is 3.75. The lowest BCUT2D eigenvalue weighted by Crippen LogP contribution is -2.29. The number of rotatable bonds is 3. The van der Waals surface area contributed by atoms with Crippen molar-refractivity contribution in [1.82, 2.24) is 4.31 Å². The molecular formula is C13H19NO3S. The highest BCUT2D eigenvalue weighted by molar-refractivity contribution is 7.89. The highest BCUT2D eigenvalue weighted by atomic mass is 32.2. The molecule has 1 atom stereocenters. The number of aliphatic hydroxyl groups excluding tert-OH is 1. The third-order valence-electron chi connectivity index (χ3n) is 3.31. The third-order valence-corrected chi connectivity index (χ3v) is 5.19. The topological polar surface area (TPSA) is 57.6 Å². The van der Waals surface area contributed by atoms with Gasteiger partial charge >= 0.3 is 0 Å². The molecule has 0 bridgehead atoms. The van der Waals surface area contributed by atoms with Gasteiger partial charge in [0.2, 0.25) is 10.0 Å². The molecule has 1 N–H and O–H groups in total. The molecule has 100 valence electrons. The van der Waals surface area contributed by atoms with Crippen molar-refractivity contribution in [3.05, 3.63) is 29.8 Å². The fourth-order valence-corrected chi connectivity index (χ4v) is 3.59. The lowest BCUT2D eigenvalue weighted by molar-refractivity contribution is 0.189. The summed E-state index contributed by atoms with van der Waals surface area (Å²) in [6.07, 6.45) is -0.0155. The van der Waals surface area contributed by atoms with Crippen molar-refractivity contribution in [2.75, 3.05) is 13.1 Å². The molecule has 1 aromatic carbocycles. The van der Waals surface area contributed by atoms with Gasteiger partial charge in [-0.25, -0.2) is 8.42 Å². The normalized spacial score (nSPS) is 21.7. The molecule has 1 fully saturated rings. The summed E-state index contributed by atoms with van der Waals surface area (Å²) in [4.78, 5) is 0.306. The van der Waals surface area contributed by atoms with E-state index in [2.05, 4.69) is 13.8 Å². The summed E-state index contributed by atoms with van der Waals surface area (Å²) in [5.41, 5.74) is 1.12. The number of hydrogen-bond donors (Lipinski definition) is 1. The molecule has 1 saturated heterocycles. The second-order valence-corrected chi connectivity index (χ2v) is 6.97.